The summed E-state index contributed by atoms with van der Waals surface area (Å²) in [7, 11) is 0. The van der Waals surface area contributed by atoms with E-state index in [0.29, 0.717) is 0 Å². The Morgan fingerprint density at radius 1 is 1.33 bits per heavy atom. The third-order valence-electron chi connectivity index (χ3n) is 1.99. The first kappa shape index (κ1) is 12.0. The molecule has 0 spiro atoms. The molecule has 0 saturated heterocycles. The van der Waals surface area contributed by atoms with E-state index in [1.54, 1.807) is 0 Å². The van der Waals surface area contributed by atoms with Crippen LogP contribution in [0.2, 0.25) is 0 Å². The highest BCUT2D eigenvalue weighted by Crippen LogP contribution is 2.20. The third-order valence-corrected chi connectivity index (χ3v) is 1.99. The standard InChI is InChI=1S/C9H12F2N2O2/c10-7-2-1-5(9(11)13-7)8(15)6(14)3-4-12/h1-2,6,8,14-15H,3-4,12H2. The molecular weight excluding hydrogens is 206 g/mol. The first-order chi connectivity index (χ1) is 7.06. The van der Waals surface area contributed by atoms with E-state index in [-0.39, 0.29) is 18.5 Å². The van der Waals surface area contributed by atoms with Gasteiger partial charge < -0.3 is 15.9 Å². The van der Waals surface area contributed by atoms with Gasteiger partial charge in [-0.2, -0.15) is 13.8 Å². The summed E-state index contributed by atoms with van der Waals surface area (Å²) in [5.74, 6) is -2.10. The van der Waals surface area contributed by atoms with Crippen molar-refractivity contribution in [1.29, 1.82) is 0 Å². The maximum absolute atomic E-state index is 13.0. The van der Waals surface area contributed by atoms with E-state index in [0.717, 1.165) is 12.1 Å². The number of aromatic nitrogens is 1. The molecular formula is C9H12F2N2O2. The van der Waals surface area contributed by atoms with Crippen molar-refractivity contribution in [3.05, 3.63) is 29.6 Å². The summed E-state index contributed by atoms with van der Waals surface area (Å²) in [4.78, 5) is 2.90. The molecule has 0 aliphatic rings. The molecule has 6 heteroatoms. The number of aliphatic hydroxyl groups is 2. The van der Waals surface area contributed by atoms with Crippen molar-refractivity contribution in [3.8, 4) is 0 Å². The van der Waals surface area contributed by atoms with Gasteiger partial charge in [0, 0.05) is 5.56 Å². The molecule has 0 aliphatic heterocycles. The number of aliphatic hydroxyl groups excluding tert-OH is 2. The Balaban J connectivity index is 2.86. The topological polar surface area (TPSA) is 79.4 Å². The van der Waals surface area contributed by atoms with Crippen LogP contribution in [-0.2, 0) is 0 Å². The van der Waals surface area contributed by atoms with Crippen molar-refractivity contribution < 1.29 is 19.0 Å². The predicted molar refractivity (Wildman–Crippen MR) is 48.8 cm³/mol. The van der Waals surface area contributed by atoms with Crippen LogP contribution in [0.3, 0.4) is 0 Å². The van der Waals surface area contributed by atoms with Gasteiger partial charge in [0.15, 0.2) is 0 Å². The van der Waals surface area contributed by atoms with Crippen molar-refractivity contribution in [1.82, 2.24) is 4.98 Å². The van der Waals surface area contributed by atoms with Crippen molar-refractivity contribution in [2.75, 3.05) is 6.54 Å². The second kappa shape index (κ2) is 5.11. The van der Waals surface area contributed by atoms with Crippen LogP contribution < -0.4 is 5.73 Å². The number of halogens is 2. The lowest BCUT2D eigenvalue weighted by Crippen LogP contribution is -2.23. The van der Waals surface area contributed by atoms with Gasteiger partial charge in [-0.3, -0.25) is 0 Å². The quantitative estimate of drug-likeness (QED) is 0.626. The van der Waals surface area contributed by atoms with E-state index in [1.807, 2.05) is 0 Å². The molecule has 0 saturated carbocycles. The maximum Gasteiger partial charge on any atom is 0.221 e. The molecule has 15 heavy (non-hydrogen) atoms. The Labute approximate surface area is 85.4 Å². The van der Waals surface area contributed by atoms with E-state index < -0.39 is 24.1 Å². The van der Waals surface area contributed by atoms with Gasteiger partial charge in [-0.05, 0) is 25.1 Å². The summed E-state index contributed by atoms with van der Waals surface area (Å²) in [6.07, 6.45) is -2.50. The molecule has 0 amide bonds. The molecule has 1 aromatic rings. The van der Waals surface area contributed by atoms with Gasteiger partial charge in [0.05, 0.1) is 6.10 Å². The average molecular weight is 218 g/mol. The maximum atomic E-state index is 13.0. The lowest BCUT2D eigenvalue weighted by Gasteiger charge is -2.17. The molecule has 0 radical (unpaired) electrons. The number of nitrogens with zero attached hydrogens (tertiary/aromatic N) is 1. The molecule has 0 aromatic carbocycles. The zero-order chi connectivity index (χ0) is 11.4. The first-order valence-electron chi connectivity index (χ1n) is 4.44. The SMILES string of the molecule is NCCC(O)C(O)c1ccc(F)nc1F. The van der Waals surface area contributed by atoms with E-state index in [4.69, 9.17) is 5.73 Å². The second-order valence-electron chi connectivity index (χ2n) is 3.10. The van der Waals surface area contributed by atoms with Crippen LogP contribution in [0.4, 0.5) is 8.78 Å². The first-order valence-corrected chi connectivity index (χ1v) is 4.44. The molecule has 84 valence electrons. The highest BCUT2D eigenvalue weighted by molar-refractivity contribution is 5.15. The van der Waals surface area contributed by atoms with E-state index in [1.165, 1.54) is 0 Å². The van der Waals surface area contributed by atoms with Crippen LogP contribution in [0.15, 0.2) is 12.1 Å². The molecule has 0 bridgehead atoms. The minimum atomic E-state index is -1.44. The van der Waals surface area contributed by atoms with Crippen molar-refractivity contribution >= 4 is 0 Å². The van der Waals surface area contributed by atoms with Gasteiger partial charge in [-0.15, -0.1) is 0 Å². The van der Waals surface area contributed by atoms with Gasteiger partial charge >= 0.3 is 0 Å². The second-order valence-corrected chi connectivity index (χ2v) is 3.10. The summed E-state index contributed by atoms with van der Waals surface area (Å²) in [5, 5.41) is 18.8. The monoisotopic (exact) mass is 218 g/mol. The molecule has 1 heterocycles. The van der Waals surface area contributed by atoms with Crippen LogP contribution in [0.25, 0.3) is 0 Å². The number of nitrogens with two attached hydrogens (primary N) is 1. The normalized spacial score (nSPS) is 15.0. The molecule has 4 nitrogen and oxygen atoms in total. The number of rotatable bonds is 4. The lowest BCUT2D eigenvalue weighted by molar-refractivity contribution is 0.0124. The Morgan fingerprint density at radius 3 is 2.53 bits per heavy atom. The highest BCUT2D eigenvalue weighted by Gasteiger charge is 2.21. The molecule has 1 rings (SSSR count). The fraction of sp³-hybridized carbons (Fsp3) is 0.444. The number of hydrogen-bond acceptors (Lipinski definition) is 4. The van der Waals surface area contributed by atoms with E-state index >= 15 is 0 Å². The summed E-state index contributed by atoms with van der Waals surface area (Å²) < 4.78 is 25.5. The lowest BCUT2D eigenvalue weighted by atomic mass is 10.0. The van der Waals surface area contributed by atoms with E-state index in [2.05, 4.69) is 4.98 Å². The Hall–Kier alpha value is -1.11. The van der Waals surface area contributed by atoms with Crippen molar-refractivity contribution in [2.45, 2.75) is 18.6 Å². The zero-order valence-electron chi connectivity index (χ0n) is 7.90. The smallest absolute Gasteiger partial charge is 0.221 e. The zero-order valence-corrected chi connectivity index (χ0v) is 7.90. The fourth-order valence-electron chi connectivity index (χ4n) is 1.18. The van der Waals surface area contributed by atoms with Crippen LogP contribution in [0.5, 0.6) is 0 Å². The van der Waals surface area contributed by atoms with Crippen molar-refractivity contribution in [2.24, 2.45) is 5.73 Å². The minimum Gasteiger partial charge on any atom is -0.390 e. The summed E-state index contributed by atoms with van der Waals surface area (Å²) in [6.45, 7) is 0.161. The van der Waals surface area contributed by atoms with Crippen LogP contribution in [-0.4, -0.2) is 27.8 Å². The van der Waals surface area contributed by atoms with Gasteiger partial charge in [-0.1, -0.05) is 0 Å². The fourth-order valence-corrected chi connectivity index (χ4v) is 1.18. The van der Waals surface area contributed by atoms with Gasteiger partial charge in [-0.25, -0.2) is 0 Å². The number of hydrogen-bond donors (Lipinski definition) is 3. The number of pyridine rings is 1. The molecule has 1 aromatic heterocycles. The average Bonchev–Trinajstić information content (AvgIpc) is 2.17. The van der Waals surface area contributed by atoms with Gasteiger partial charge in [0.25, 0.3) is 0 Å². The van der Waals surface area contributed by atoms with Crippen LogP contribution >= 0.6 is 0 Å². The molecule has 0 aliphatic carbocycles. The summed E-state index contributed by atoms with van der Waals surface area (Å²) >= 11 is 0. The Morgan fingerprint density at radius 2 is 2.00 bits per heavy atom. The van der Waals surface area contributed by atoms with Crippen LogP contribution in [0, 0.1) is 11.9 Å². The largest absolute Gasteiger partial charge is 0.390 e. The molecule has 4 N–H and O–H groups in total. The molecule has 2 unspecified atom stereocenters. The third kappa shape index (κ3) is 2.92. The summed E-state index contributed by atoms with van der Waals surface area (Å²) in [6, 6.07) is 1.96. The summed E-state index contributed by atoms with van der Waals surface area (Å²) in [5.41, 5.74) is 4.93. The Kier molecular flexibility index (Phi) is 4.07. The van der Waals surface area contributed by atoms with E-state index in [9.17, 15) is 19.0 Å². The van der Waals surface area contributed by atoms with Crippen LogP contribution in [0.1, 0.15) is 18.1 Å². The van der Waals surface area contributed by atoms with Gasteiger partial charge in [0.1, 0.15) is 6.10 Å². The predicted octanol–water partition coefficient (Wildman–Crippen LogP) is 0.103. The Bertz CT molecular complexity index is 336. The highest BCUT2D eigenvalue weighted by atomic mass is 19.1. The molecule has 2 atom stereocenters. The van der Waals surface area contributed by atoms with Gasteiger partial charge in [0.2, 0.25) is 11.9 Å². The minimum absolute atomic E-state index is 0.123. The molecule has 0 fully saturated rings. The van der Waals surface area contributed by atoms with Crippen molar-refractivity contribution in [3.63, 3.8) is 0 Å².